The molecular weight excluding hydrogens is 294 g/mol. The van der Waals surface area contributed by atoms with Gasteiger partial charge >= 0.3 is 0 Å². The number of aromatic nitrogens is 4. The number of hydrogen-bond donors (Lipinski definition) is 1. The van der Waals surface area contributed by atoms with Crippen LogP contribution in [0.2, 0.25) is 0 Å². The van der Waals surface area contributed by atoms with Crippen LogP contribution in [0.25, 0.3) is 5.82 Å². The molecule has 122 valence electrons. The molecule has 1 N–H and O–H groups in total. The van der Waals surface area contributed by atoms with Crippen molar-refractivity contribution in [2.45, 2.75) is 44.8 Å². The molecule has 7 nitrogen and oxygen atoms in total. The van der Waals surface area contributed by atoms with Gasteiger partial charge in [0.15, 0.2) is 0 Å². The van der Waals surface area contributed by atoms with Crippen LogP contribution in [0.4, 0.5) is 0 Å². The Hall–Kier alpha value is -2.28. The molecule has 1 amide bonds. The van der Waals surface area contributed by atoms with Gasteiger partial charge in [-0.25, -0.2) is 15.0 Å². The third-order valence-corrected chi connectivity index (χ3v) is 4.16. The van der Waals surface area contributed by atoms with Gasteiger partial charge in [-0.05, 0) is 32.6 Å². The quantitative estimate of drug-likeness (QED) is 0.928. The van der Waals surface area contributed by atoms with Gasteiger partial charge in [-0.1, -0.05) is 0 Å². The summed E-state index contributed by atoms with van der Waals surface area (Å²) in [7, 11) is 1.74. The van der Waals surface area contributed by atoms with Gasteiger partial charge in [-0.3, -0.25) is 9.36 Å². The highest BCUT2D eigenvalue weighted by Crippen LogP contribution is 2.20. The van der Waals surface area contributed by atoms with Crippen molar-refractivity contribution in [2.24, 2.45) is 0 Å². The minimum Gasteiger partial charge on any atom is -0.381 e. The molecule has 2 aromatic heterocycles. The van der Waals surface area contributed by atoms with E-state index in [0.717, 1.165) is 31.4 Å². The summed E-state index contributed by atoms with van der Waals surface area (Å²) in [6.45, 7) is 1.85. The van der Waals surface area contributed by atoms with E-state index in [9.17, 15) is 4.79 Å². The molecule has 0 unspecified atom stereocenters. The summed E-state index contributed by atoms with van der Waals surface area (Å²) in [5, 5.41) is 3.04. The molecule has 0 bridgehead atoms. The highest BCUT2D eigenvalue weighted by atomic mass is 16.5. The minimum atomic E-state index is -0.226. The van der Waals surface area contributed by atoms with E-state index in [1.807, 2.05) is 13.0 Å². The monoisotopic (exact) mass is 315 g/mol. The Morgan fingerprint density at radius 2 is 2.09 bits per heavy atom. The summed E-state index contributed by atoms with van der Waals surface area (Å²) in [6.07, 6.45) is 9.20. The van der Waals surface area contributed by atoms with E-state index in [4.69, 9.17) is 4.74 Å². The van der Waals surface area contributed by atoms with Crippen molar-refractivity contribution in [3.8, 4) is 5.82 Å². The number of imidazole rings is 1. The molecule has 3 rings (SSSR count). The molecule has 0 radical (unpaired) electrons. The number of carbonyl (C=O) groups excluding carboxylic acids is 1. The number of ether oxygens (including phenoxy) is 1. The van der Waals surface area contributed by atoms with Crippen molar-refractivity contribution in [2.75, 3.05) is 7.11 Å². The highest BCUT2D eigenvalue weighted by Gasteiger charge is 2.23. The smallest absolute Gasteiger partial charge is 0.289 e. The highest BCUT2D eigenvalue weighted by molar-refractivity contribution is 5.90. The van der Waals surface area contributed by atoms with Crippen LogP contribution >= 0.6 is 0 Å². The van der Waals surface area contributed by atoms with Crippen LogP contribution in [0, 0.1) is 6.92 Å². The van der Waals surface area contributed by atoms with Crippen LogP contribution < -0.4 is 5.32 Å². The first-order valence-electron chi connectivity index (χ1n) is 7.83. The summed E-state index contributed by atoms with van der Waals surface area (Å²) >= 11 is 0. The minimum absolute atomic E-state index is 0.162. The molecule has 0 spiro atoms. The lowest BCUT2D eigenvalue weighted by Gasteiger charge is -2.27. The molecule has 1 aliphatic rings. The molecular formula is C16H21N5O2. The summed E-state index contributed by atoms with van der Waals surface area (Å²) in [5.41, 5.74) is 0.747. The predicted molar refractivity (Wildman–Crippen MR) is 84.4 cm³/mol. The van der Waals surface area contributed by atoms with Crippen molar-refractivity contribution in [3.05, 3.63) is 36.3 Å². The van der Waals surface area contributed by atoms with Crippen molar-refractivity contribution >= 4 is 5.91 Å². The predicted octanol–water partition coefficient (Wildman–Crippen LogP) is 1.66. The first-order chi connectivity index (χ1) is 11.2. The maximum absolute atomic E-state index is 12.4. The molecule has 7 heteroatoms. The van der Waals surface area contributed by atoms with Crippen LogP contribution in [0.1, 0.15) is 42.0 Å². The Morgan fingerprint density at radius 1 is 1.30 bits per heavy atom. The van der Waals surface area contributed by atoms with Gasteiger partial charge in [-0.2, -0.15) is 0 Å². The number of methoxy groups -OCH3 is 1. The van der Waals surface area contributed by atoms with Crippen LogP contribution in [-0.4, -0.2) is 44.7 Å². The molecule has 2 heterocycles. The van der Waals surface area contributed by atoms with E-state index in [1.165, 1.54) is 0 Å². The first-order valence-corrected chi connectivity index (χ1v) is 7.83. The fraction of sp³-hybridized carbons (Fsp3) is 0.500. The van der Waals surface area contributed by atoms with E-state index in [1.54, 1.807) is 30.4 Å². The van der Waals surface area contributed by atoms with Gasteiger partial charge < -0.3 is 10.1 Å². The van der Waals surface area contributed by atoms with Crippen LogP contribution in [-0.2, 0) is 4.74 Å². The number of rotatable bonds is 4. The van der Waals surface area contributed by atoms with E-state index in [2.05, 4.69) is 20.3 Å². The molecule has 1 saturated carbocycles. The van der Waals surface area contributed by atoms with Crippen LogP contribution in [0.15, 0.2) is 24.8 Å². The Labute approximate surface area is 135 Å². The van der Waals surface area contributed by atoms with Gasteiger partial charge in [0.05, 0.1) is 6.10 Å². The molecule has 0 aromatic carbocycles. The maximum atomic E-state index is 12.4. The third-order valence-electron chi connectivity index (χ3n) is 4.16. The summed E-state index contributed by atoms with van der Waals surface area (Å²) in [5.74, 6) is 0.613. The number of hydrogen-bond acceptors (Lipinski definition) is 5. The summed E-state index contributed by atoms with van der Waals surface area (Å²) in [6, 6.07) is 1.98. The molecule has 0 atom stereocenters. The van der Waals surface area contributed by atoms with E-state index < -0.39 is 0 Å². The Bertz CT molecular complexity index is 663. The van der Waals surface area contributed by atoms with Crippen molar-refractivity contribution < 1.29 is 9.53 Å². The molecule has 2 aromatic rings. The van der Waals surface area contributed by atoms with Gasteiger partial charge in [-0.15, -0.1) is 0 Å². The van der Waals surface area contributed by atoms with Crippen LogP contribution in [0.3, 0.4) is 0 Å². The number of nitrogens with one attached hydrogen (secondary N) is 1. The molecule has 0 saturated heterocycles. The molecule has 1 aliphatic carbocycles. The topological polar surface area (TPSA) is 81.9 Å². The van der Waals surface area contributed by atoms with Gasteiger partial charge in [0, 0.05) is 37.3 Å². The Morgan fingerprint density at radius 3 is 2.74 bits per heavy atom. The number of aryl methyl sites for hydroxylation is 1. The fourth-order valence-electron chi connectivity index (χ4n) is 2.87. The number of nitrogens with zero attached hydrogens (tertiary/aromatic N) is 4. The standard InChI is InChI=1S/C16H21N5O2/c1-11-9-14(21-8-7-17-10-21)20-15(18-11)16(22)19-12-3-5-13(23-2)6-4-12/h7-10,12-13H,3-6H2,1-2H3,(H,19,22). The van der Waals surface area contributed by atoms with Crippen molar-refractivity contribution in [3.63, 3.8) is 0 Å². The van der Waals surface area contributed by atoms with Crippen LogP contribution in [0.5, 0.6) is 0 Å². The lowest BCUT2D eigenvalue weighted by Crippen LogP contribution is -2.39. The van der Waals surface area contributed by atoms with Gasteiger partial charge in [0.2, 0.25) is 5.82 Å². The van der Waals surface area contributed by atoms with Gasteiger partial charge in [0.25, 0.3) is 5.91 Å². The summed E-state index contributed by atoms with van der Waals surface area (Å²) < 4.78 is 7.11. The number of amides is 1. The van der Waals surface area contributed by atoms with E-state index in [-0.39, 0.29) is 17.8 Å². The largest absolute Gasteiger partial charge is 0.381 e. The van der Waals surface area contributed by atoms with Crippen molar-refractivity contribution in [1.29, 1.82) is 0 Å². The second-order valence-electron chi connectivity index (χ2n) is 5.84. The van der Waals surface area contributed by atoms with E-state index >= 15 is 0 Å². The average molecular weight is 315 g/mol. The van der Waals surface area contributed by atoms with Crippen molar-refractivity contribution in [1.82, 2.24) is 24.8 Å². The SMILES string of the molecule is COC1CCC(NC(=O)c2nc(C)cc(-n3ccnc3)n2)CC1. The lowest BCUT2D eigenvalue weighted by molar-refractivity contribution is 0.0597. The maximum Gasteiger partial charge on any atom is 0.289 e. The Kier molecular flexibility index (Phi) is 4.66. The second kappa shape index (κ2) is 6.87. The van der Waals surface area contributed by atoms with E-state index in [0.29, 0.717) is 11.9 Å². The number of carbonyl (C=O) groups is 1. The van der Waals surface area contributed by atoms with Gasteiger partial charge in [0.1, 0.15) is 12.1 Å². The average Bonchev–Trinajstić information content (AvgIpc) is 3.09. The zero-order valence-corrected chi connectivity index (χ0v) is 13.4. The third kappa shape index (κ3) is 3.73. The Balaban J connectivity index is 1.70. The second-order valence-corrected chi connectivity index (χ2v) is 5.84. The summed E-state index contributed by atoms with van der Waals surface area (Å²) in [4.78, 5) is 25.1. The zero-order valence-electron chi connectivity index (χ0n) is 13.4. The molecule has 0 aliphatic heterocycles. The molecule has 1 fully saturated rings. The molecule has 23 heavy (non-hydrogen) atoms. The lowest BCUT2D eigenvalue weighted by atomic mass is 9.93. The normalized spacial score (nSPS) is 21.1. The zero-order chi connectivity index (χ0) is 16.2. The first kappa shape index (κ1) is 15.6. The fourth-order valence-corrected chi connectivity index (χ4v) is 2.87.